The van der Waals surface area contributed by atoms with Crippen molar-refractivity contribution in [1.82, 2.24) is 30.1 Å². The molecule has 3 heterocycles. The molecule has 58 heavy (non-hydrogen) atoms. The number of benzene rings is 2. The van der Waals surface area contributed by atoms with Gasteiger partial charge in [-0.3, -0.25) is 19.4 Å². The first kappa shape index (κ1) is 41.0. The summed E-state index contributed by atoms with van der Waals surface area (Å²) in [5, 5.41) is 7.30. The lowest BCUT2D eigenvalue weighted by Gasteiger charge is -2.41. The highest BCUT2D eigenvalue weighted by Crippen LogP contribution is 2.46. The fraction of sp³-hybridized carbons (Fsp3) is 0.463. The number of pyridine rings is 1. The van der Waals surface area contributed by atoms with Crippen LogP contribution in [0.25, 0.3) is 10.8 Å². The van der Waals surface area contributed by atoms with Crippen molar-refractivity contribution >= 4 is 62.3 Å². The number of carbonyl (C=O) groups excluding carboxylic acids is 5. The second kappa shape index (κ2) is 17.7. The van der Waals surface area contributed by atoms with Gasteiger partial charge in [-0.15, -0.1) is 0 Å². The summed E-state index contributed by atoms with van der Waals surface area (Å²) in [4.78, 5) is 75.8. The van der Waals surface area contributed by atoms with Crippen LogP contribution in [-0.2, 0) is 40.5 Å². The first-order valence-electron chi connectivity index (χ1n) is 19.8. The molecule has 1 aromatic heterocycles. The maximum atomic E-state index is 14.5. The minimum absolute atomic E-state index is 0.0181. The molecule has 3 fully saturated rings. The van der Waals surface area contributed by atoms with Crippen molar-refractivity contribution in [3.05, 3.63) is 83.7 Å². The molecule has 0 spiro atoms. The van der Waals surface area contributed by atoms with Gasteiger partial charge in [-0.25, -0.2) is 22.7 Å². The molecule has 4 aliphatic rings. The van der Waals surface area contributed by atoms with Gasteiger partial charge in [-0.1, -0.05) is 79.1 Å². The minimum atomic E-state index is -4.51. The quantitative estimate of drug-likeness (QED) is 0.274. The van der Waals surface area contributed by atoms with E-state index in [2.05, 4.69) is 20.3 Å². The van der Waals surface area contributed by atoms with Crippen LogP contribution < -0.4 is 15.4 Å². The van der Waals surface area contributed by atoms with E-state index in [1.807, 2.05) is 48.5 Å². The van der Waals surface area contributed by atoms with E-state index in [1.54, 1.807) is 6.08 Å². The Morgan fingerprint density at radius 3 is 2.55 bits per heavy atom. The zero-order valence-electron chi connectivity index (χ0n) is 31.9. The van der Waals surface area contributed by atoms with E-state index in [4.69, 9.17) is 21.1 Å². The molecule has 2 aromatic carbocycles. The smallest absolute Gasteiger partial charge is 0.410 e. The molecule has 2 aliphatic heterocycles. The largest absolute Gasteiger partial charge is 0.446 e. The number of fused-ring (bicyclic) bond motifs is 3. The van der Waals surface area contributed by atoms with E-state index in [9.17, 15) is 32.4 Å². The Hall–Kier alpha value is -5.22. The second-order valence-electron chi connectivity index (χ2n) is 15.3. The number of rotatable bonds is 7. The van der Waals surface area contributed by atoms with Gasteiger partial charge in [0.05, 0.1) is 11.6 Å². The lowest BCUT2D eigenvalue weighted by atomic mass is 10.0. The number of hydrogen-bond donors (Lipinski definition) is 3. The topological polar surface area (TPSA) is 193 Å². The van der Waals surface area contributed by atoms with Crippen LogP contribution in [-0.4, -0.2) is 96.5 Å². The second-order valence-corrected chi connectivity index (χ2v) is 17.3. The summed E-state index contributed by atoms with van der Waals surface area (Å²) >= 11 is 6.14. The van der Waals surface area contributed by atoms with Crippen molar-refractivity contribution in [1.29, 1.82) is 0 Å². The maximum Gasteiger partial charge on any atom is 0.410 e. The van der Waals surface area contributed by atoms with Crippen LogP contribution in [0.15, 0.2) is 78.0 Å². The number of aromatic nitrogens is 1. The Morgan fingerprint density at radius 1 is 0.966 bits per heavy atom. The summed E-state index contributed by atoms with van der Waals surface area (Å²) in [6.07, 6.45) is 10.8. The van der Waals surface area contributed by atoms with Gasteiger partial charge in [0.25, 0.3) is 15.9 Å². The van der Waals surface area contributed by atoms with Gasteiger partial charge in [-0.05, 0) is 73.8 Å². The lowest BCUT2D eigenvalue weighted by molar-refractivity contribution is -0.146. The highest BCUT2D eigenvalue weighted by atomic mass is 35.5. The average molecular weight is 835 g/mol. The van der Waals surface area contributed by atoms with Crippen LogP contribution in [0.1, 0.15) is 69.8 Å². The first-order chi connectivity index (χ1) is 27.9. The van der Waals surface area contributed by atoms with Crippen molar-refractivity contribution in [2.24, 2.45) is 5.92 Å². The minimum Gasteiger partial charge on any atom is -0.446 e. The van der Waals surface area contributed by atoms with Crippen LogP contribution in [0.2, 0.25) is 5.02 Å². The third-order valence-corrected chi connectivity index (χ3v) is 13.2. The van der Waals surface area contributed by atoms with E-state index in [0.717, 1.165) is 61.1 Å². The van der Waals surface area contributed by atoms with Crippen molar-refractivity contribution in [2.75, 3.05) is 19.6 Å². The van der Waals surface area contributed by atoms with Gasteiger partial charge in [-0.2, -0.15) is 0 Å². The van der Waals surface area contributed by atoms with Crippen LogP contribution >= 0.6 is 11.6 Å². The number of allylic oxidation sites excluding steroid dienone is 1. The Bertz CT molecular complexity index is 2190. The van der Waals surface area contributed by atoms with Gasteiger partial charge in [0.15, 0.2) is 0 Å². The predicted molar refractivity (Wildman–Crippen MR) is 213 cm³/mol. The monoisotopic (exact) mass is 834 g/mol. The van der Waals surface area contributed by atoms with Crippen LogP contribution in [0, 0.1) is 5.92 Å². The van der Waals surface area contributed by atoms with Crippen molar-refractivity contribution in [3.63, 3.8) is 0 Å². The number of nitrogens with zero attached hydrogens (tertiary/aromatic N) is 3. The number of halogens is 1. The first-order valence-corrected chi connectivity index (χ1v) is 21.6. The van der Waals surface area contributed by atoms with Gasteiger partial charge < -0.3 is 29.9 Å². The van der Waals surface area contributed by atoms with E-state index < -0.39 is 68.4 Å². The van der Waals surface area contributed by atoms with Gasteiger partial charge in [0, 0.05) is 31.4 Å². The van der Waals surface area contributed by atoms with Crippen LogP contribution in [0.3, 0.4) is 0 Å². The fourth-order valence-electron chi connectivity index (χ4n) is 8.04. The molecule has 5 amide bonds. The number of nitrogens with one attached hydrogen (secondary N) is 3. The SMILES string of the molecule is O=C(N[C@H]1CCCCC/C=C/C2C[C@]2(C(=O)NS(=O)(=O)c2cnccc2Cl)NC(=O)[C@@H]2CN(C(=O)OCc3cccc4ccccc34)CCN2C1=O)OC1CCCC1. The van der Waals surface area contributed by atoms with Gasteiger partial charge in [0.2, 0.25) is 11.8 Å². The van der Waals surface area contributed by atoms with Crippen molar-refractivity contribution in [2.45, 2.75) is 99.4 Å². The molecule has 0 radical (unpaired) electrons. The number of hydrogen-bond acceptors (Lipinski definition) is 10. The summed E-state index contributed by atoms with van der Waals surface area (Å²) in [5.74, 6) is -2.89. The molecule has 1 unspecified atom stereocenters. The Kier molecular flexibility index (Phi) is 12.5. The standard InChI is InChI=1S/C41H47ClN6O9S/c42-32-19-20-43-24-35(32)58(54,55)46-38(51)41-23-29(41)14-4-2-1-3-5-18-33(44-39(52)57-30-15-7-8-16-30)37(50)48-22-21-47(25-34(48)36(49)45-41)40(53)56-26-28-13-10-12-27-11-6-9-17-31(27)28/h4,6,9-14,17,19-20,24,29-30,33-34H,1-3,5,7-8,15-16,18,21-23,25-26H2,(H,44,52)(H,45,49)(H,46,51)/b14-4+/t29?,33-,34-,41-/m0/s1. The highest BCUT2D eigenvalue weighted by molar-refractivity contribution is 7.90. The summed E-state index contributed by atoms with van der Waals surface area (Å²) in [6.45, 7) is -0.415. The Morgan fingerprint density at radius 2 is 1.74 bits per heavy atom. The molecular weight excluding hydrogens is 788 g/mol. The molecule has 2 aliphatic carbocycles. The molecule has 17 heteroatoms. The van der Waals surface area contributed by atoms with Crippen LogP contribution in [0.5, 0.6) is 0 Å². The Labute approximate surface area is 341 Å². The molecule has 4 atom stereocenters. The van der Waals surface area contributed by atoms with Crippen LogP contribution in [0.4, 0.5) is 9.59 Å². The number of amides is 5. The van der Waals surface area contributed by atoms with E-state index in [1.165, 1.54) is 22.1 Å². The van der Waals surface area contributed by atoms with Gasteiger partial charge in [0.1, 0.15) is 35.2 Å². The predicted octanol–water partition coefficient (Wildman–Crippen LogP) is 4.98. The average Bonchev–Trinajstić information content (AvgIpc) is 3.66. The zero-order valence-corrected chi connectivity index (χ0v) is 33.5. The van der Waals surface area contributed by atoms with E-state index in [-0.39, 0.29) is 50.2 Å². The van der Waals surface area contributed by atoms with E-state index in [0.29, 0.717) is 12.8 Å². The molecule has 15 nitrogen and oxygen atoms in total. The molecule has 1 saturated heterocycles. The maximum absolute atomic E-state index is 14.5. The fourth-order valence-corrected chi connectivity index (χ4v) is 9.51. The Balaban J connectivity index is 1.15. The zero-order chi connectivity index (χ0) is 40.9. The third kappa shape index (κ3) is 9.23. The summed E-state index contributed by atoms with van der Waals surface area (Å²) in [6, 6.07) is 12.3. The summed E-state index contributed by atoms with van der Waals surface area (Å²) in [5.41, 5.74) is -0.918. The number of carbonyl (C=O) groups is 5. The number of ether oxygens (including phenoxy) is 2. The molecule has 7 rings (SSSR count). The summed E-state index contributed by atoms with van der Waals surface area (Å²) in [7, 11) is -4.51. The lowest BCUT2D eigenvalue weighted by Crippen LogP contribution is -2.66. The molecular formula is C41H47ClN6O9S. The highest BCUT2D eigenvalue weighted by Gasteiger charge is 2.61. The molecule has 2 saturated carbocycles. The normalized spacial score (nSPS) is 24.9. The van der Waals surface area contributed by atoms with Crippen molar-refractivity contribution in [3.8, 4) is 0 Å². The number of alkyl carbamates (subject to hydrolysis) is 1. The number of sulfonamides is 1. The summed E-state index contributed by atoms with van der Waals surface area (Å²) < 4.78 is 40.2. The molecule has 3 N–H and O–H groups in total. The third-order valence-electron chi connectivity index (χ3n) is 11.4. The van der Waals surface area contributed by atoms with Crippen molar-refractivity contribution < 1.29 is 41.9 Å². The van der Waals surface area contributed by atoms with Gasteiger partial charge >= 0.3 is 12.2 Å². The number of piperazine rings is 1. The van der Waals surface area contributed by atoms with E-state index >= 15 is 0 Å². The molecule has 3 aromatic rings. The molecule has 308 valence electrons. The molecule has 0 bridgehead atoms.